The van der Waals surface area contributed by atoms with Gasteiger partial charge >= 0.3 is 0 Å². The quantitative estimate of drug-likeness (QED) is 0.890. The Morgan fingerprint density at radius 3 is 2.50 bits per heavy atom. The summed E-state index contributed by atoms with van der Waals surface area (Å²) < 4.78 is 1.57. The Morgan fingerprint density at radius 1 is 1.40 bits per heavy atom. The highest BCUT2D eigenvalue weighted by Crippen LogP contribution is 2.45. The second kappa shape index (κ2) is 5.11. The van der Waals surface area contributed by atoms with Crippen LogP contribution in [0.25, 0.3) is 0 Å². The van der Waals surface area contributed by atoms with Gasteiger partial charge in [0.15, 0.2) is 0 Å². The standard InChI is InChI=1S/C15H26N4O/c1-14(2)7-11(8-15(3,4)10-14)17-13(20)9-19-6-5-12(16)18-19/h5-6,11H,7-10H2,1-4H3,(H2,16,18)(H,17,20). The third kappa shape index (κ3) is 3.99. The van der Waals surface area contributed by atoms with Crippen LogP contribution in [0.5, 0.6) is 0 Å². The first-order valence-corrected chi connectivity index (χ1v) is 7.24. The highest BCUT2D eigenvalue weighted by Gasteiger charge is 2.38. The molecule has 1 amide bonds. The Kier molecular flexibility index (Phi) is 3.80. The van der Waals surface area contributed by atoms with Crippen LogP contribution in [-0.4, -0.2) is 21.7 Å². The second-order valence-corrected chi connectivity index (χ2v) is 7.62. The fourth-order valence-electron chi connectivity index (χ4n) is 3.83. The van der Waals surface area contributed by atoms with Crippen LogP contribution in [0.4, 0.5) is 5.82 Å². The maximum absolute atomic E-state index is 12.1. The summed E-state index contributed by atoms with van der Waals surface area (Å²) in [4.78, 5) is 12.1. The number of amides is 1. The smallest absolute Gasteiger partial charge is 0.241 e. The van der Waals surface area contributed by atoms with Crippen molar-refractivity contribution in [1.29, 1.82) is 0 Å². The summed E-state index contributed by atoms with van der Waals surface area (Å²) in [5, 5.41) is 7.18. The van der Waals surface area contributed by atoms with Gasteiger partial charge in [-0.1, -0.05) is 27.7 Å². The van der Waals surface area contributed by atoms with Gasteiger partial charge in [-0.05, 0) is 36.2 Å². The van der Waals surface area contributed by atoms with Gasteiger partial charge < -0.3 is 11.1 Å². The molecule has 1 aromatic rings. The molecular formula is C15H26N4O. The lowest BCUT2D eigenvalue weighted by Gasteiger charge is -2.45. The zero-order chi connectivity index (χ0) is 15.0. The molecule has 0 saturated heterocycles. The lowest BCUT2D eigenvalue weighted by molar-refractivity contribution is -0.123. The van der Waals surface area contributed by atoms with Crippen molar-refractivity contribution < 1.29 is 4.79 Å². The van der Waals surface area contributed by atoms with Gasteiger partial charge in [-0.2, -0.15) is 5.10 Å². The number of carbonyl (C=O) groups excluding carboxylic acids is 1. The topological polar surface area (TPSA) is 72.9 Å². The van der Waals surface area contributed by atoms with Crippen molar-refractivity contribution in [3.63, 3.8) is 0 Å². The van der Waals surface area contributed by atoms with E-state index < -0.39 is 0 Å². The SMILES string of the molecule is CC1(C)CC(NC(=O)Cn2ccc(N)n2)CC(C)(C)C1. The van der Waals surface area contributed by atoms with Gasteiger partial charge in [-0.25, -0.2) is 0 Å². The van der Waals surface area contributed by atoms with E-state index in [0.29, 0.717) is 5.82 Å². The minimum Gasteiger partial charge on any atom is -0.382 e. The fraction of sp³-hybridized carbons (Fsp3) is 0.733. The number of carbonyl (C=O) groups is 1. The van der Waals surface area contributed by atoms with E-state index in [0.717, 1.165) is 12.8 Å². The molecule has 1 aliphatic rings. The van der Waals surface area contributed by atoms with E-state index in [1.807, 2.05) is 0 Å². The van der Waals surface area contributed by atoms with Gasteiger partial charge in [0.2, 0.25) is 5.91 Å². The largest absolute Gasteiger partial charge is 0.382 e. The maximum Gasteiger partial charge on any atom is 0.241 e. The van der Waals surface area contributed by atoms with Crippen molar-refractivity contribution in [3.05, 3.63) is 12.3 Å². The van der Waals surface area contributed by atoms with E-state index in [9.17, 15) is 4.79 Å². The molecule has 0 aromatic carbocycles. The van der Waals surface area contributed by atoms with Crippen molar-refractivity contribution in [3.8, 4) is 0 Å². The van der Waals surface area contributed by atoms with Crippen LogP contribution in [-0.2, 0) is 11.3 Å². The maximum atomic E-state index is 12.1. The molecule has 0 radical (unpaired) electrons. The highest BCUT2D eigenvalue weighted by molar-refractivity contribution is 5.76. The Labute approximate surface area is 120 Å². The number of anilines is 1. The monoisotopic (exact) mass is 278 g/mol. The van der Waals surface area contributed by atoms with Crippen molar-refractivity contribution >= 4 is 11.7 Å². The second-order valence-electron chi connectivity index (χ2n) is 7.62. The van der Waals surface area contributed by atoms with Crippen molar-refractivity contribution in [2.45, 2.75) is 59.5 Å². The molecule has 1 aromatic heterocycles. The number of hydrogen-bond acceptors (Lipinski definition) is 3. The Balaban J connectivity index is 1.93. The van der Waals surface area contributed by atoms with E-state index in [4.69, 9.17) is 5.73 Å². The molecule has 5 nitrogen and oxygen atoms in total. The summed E-state index contributed by atoms with van der Waals surface area (Å²) in [6.07, 6.45) is 4.98. The highest BCUT2D eigenvalue weighted by atomic mass is 16.2. The summed E-state index contributed by atoms with van der Waals surface area (Å²) in [5.41, 5.74) is 6.09. The molecule has 1 heterocycles. The fourth-order valence-corrected chi connectivity index (χ4v) is 3.83. The van der Waals surface area contributed by atoms with Gasteiger partial charge in [0, 0.05) is 12.2 Å². The summed E-state index contributed by atoms with van der Waals surface area (Å²) in [5.74, 6) is 0.448. The minimum atomic E-state index is 0.00611. The molecule has 3 N–H and O–H groups in total. The molecule has 1 saturated carbocycles. The van der Waals surface area contributed by atoms with Crippen molar-refractivity contribution in [2.75, 3.05) is 5.73 Å². The molecule has 1 aliphatic carbocycles. The molecule has 0 spiro atoms. The molecule has 1 fully saturated rings. The number of nitrogens with zero attached hydrogens (tertiary/aromatic N) is 2. The van der Waals surface area contributed by atoms with E-state index >= 15 is 0 Å². The van der Waals surface area contributed by atoms with Crippen LogP contribution >= 0.6 is 0 Å². The summed E-state index contributed by atoms with van der Waals surface area (Å²) in [6.45, 7) is 9.35. The molecule has 20 heavy (non-hydrogen) atoms. The number of nitrogens with two attached hydrogens (primary N) is 1. The first-order chi connectivity index (χ1) is 9.15. The van der Waals surface area contributed by atoms with Crippen LogP contribution in [0.1, 0.15) is 47.0 Å². The van der Waals surface area contributed by atoms with Crippen LogP contribution in [0.15, 0.2) is 12.3 Å². The number of nitrogen functional groups attached to an aromatic ring is 1. The lowest BCUT2D eigenvalue weighted by atomic mass is 9.63. The average Bonchev–Trinajstić information content (AvgIpc) is 2.58. The molecule has 2 rings (SSSR count). The number of rotatable bonds is 3. The van der Waals surface area contributed by atoms with Gasteiger partial charge in [0.1, 0.15) is 12.4 Å². The minimum absolute atomic E-state index is 0.00611. The zero-order valence-corrected chi connectivity index (χ0v) is 12.9. The summed E-state index contributed by atoms with van der Waals surface area (Å²) in [7, 11) is 0. The molecule has 112 valence electrons. The van der Waals surface area contributed by atoms with Gasteiger partial charge in [-0.3, -0.25) is 9.48 Å². The third-order valence-electron chi connectivity index (χ3n) is 3.89. The van der Waals surface area contributed by atoms with Crippen molar-refractivity contribution in [2.24, 2.45) is 10.8 Å². The first-order valence-electron chi connectivity index (χ1n) is 7.24. The van der Waals surface area contributed by atoms with Gasteiger partial charge in [0.25, 0.3) is 0 Å². The summed E-state index contributed by atoms with van der Waals surface area (Å²) in [6, 6.07) is 1.94. The third-order valence-corrected chi connectivity index (χ3v) is 3.89. The Bertz CT molecular complexity index is 474. The molecule has 5 heteroatoms. The molecule has 0 aliphatic heterocycles. The molecule has 0 unspecified atom stereocenters. The van der Waals surface area contributed by atoms with Gasteiger partial charge in [0.05, 0.1) is 0 Å². The van der Waals surface area contributed by atoms with Crippen LogP contribution < -0.4 is 11.1 Å². The van der Waals surface area contributed by atoms with Gasteiger partial charge in [-0.15, -0.1) is 0 Å². The molecular weight excluding hydrogens is 252 g/mol. The predicted molar refractivity (Wildman–Crippen MR) is 80.0 cm³/mol. The lowest BCUT2D eigenvalue weighted by Crippen LogP contribution is -2.46. The molecule has 0 atom stereocenters. The van der Waals surface area contributed by atoms with E-state index in [2.05, 4.69) is 38.1 Å². The van der Waals surface area contributed by atoms with E-state index in [1.165, 1.54) is 6.42 Å². The number of hydrogen-bond donors (Lipinski definition) is 2. The Hall–Kier alpha value is -1.52. The zero-order valence-electron chi connectivity index (χ0n) is 12.9. The Morgan fingerprint density at radius 2 is 2.00 bits per heavy atom. The molecule has 0 bridgehead atoms. The van der Waals surface area contributed by atoms with E-state index in [1.54, 1.807) is 16.9 Å². The van der Waals surface area contributed by atoms with Crippen molar-refractivity contribution in [1.82, 2.24) is 15.1 Å². The predicted octanol–water partition coefficient (Wildman–Crippen LogP) is 2.19. The average molecular weight is 278 g/mol. The van der Waals surface area contributed by atoms with Crippen LogP contribution in [0, 0.1) is 10.8 Å². The van der Waals surface area contributed by atoms with Crippen LogP contribution in [0.3, 0.4) is 0 Å². The number of nitrogens with one attached hydrogen (secondary N) is 1. The number of aromatic nitrogens is 2. The normalized spacial score (nSPS) is 21.6. The van der Waals surface area contributed by atoms with Crippen LogP contribution in [0.2, 0.25) is 0 Å². The van der Waals surface area contributed by atoms with E-state index in [-0.39, 0.29) is 29.3 Å². The first kappa shape index (κ1) is 14.9. The summed E-state index contributed by atoms with van der Waals surface area (Å²) >= 11 is 0.